The molecular weight excluding hydrogens is 376 g/mol. The molecule has 6 nitrogen and oxygen atoms in total. The number of fused-ring (bicyclic) bond motifs is 4. The fourth-order valence-electron chi connectivity index (χ4n) is 6.11. The summed E-state index contributed by atoms with van der Waals surface area (Å²) in [6.45, 7) is 7.04. The molecule has 3 aliphatic rings. The van der Waals surface area contributed by atoms with E-state index in [-0.39, 0.29) is 0 Å². The molecule has 0 spiro atoms. The zero-order valence-corrected chi connectivity index (χ0v) is 18.1. The molecule has 3 aliphatic heterocycles. The van der Waals surface area contributed by atoms with Gasteiger partial charge in [-0.25, -0.2) is 0 Å². The number of piperidine rings is 3. The average Bonchev–Trinajstić information content (AvgIpc) is 3.20. The molecular formula is C24H32N4O2. The van der Waals surface area contributed by atoms with Crippen LogP contribution in [0, 0.1) is 18.8 Å². The third kappa shape index (κ3) is 3.55. The summed E-state index contributed by atoms with van der Waals surface area (Å²) in [4.78, 5) is 22.3. The second-order valence-electron chi connectivity index (χ2n) is 9.39. The number of rotatable bonds is 5. The van der Waals surface area contributed by atoms with E-state index >= 15 is 0 Å². The minimum atomic E-state index is 0.396. The van der Waals surface area contributed by atoms with Gasteiger partial charge in [0, 0.05) is 37.2 Å². The van der Waals surface area contributed by atoms with Crippen molar-refractivity contribution in [3.8, 4) is 11.4 Å². The van der Waals surface area contributed by atoms with Gasteiger partial charge in [0.2, 0.25) is 17.6 Å². The number of likely N-dealkylation sites (tertiary alicyclic amines) is 1. The van der Waals surface area contributed by atoms with Gasteiger partial charge in [-0.15, -0.1) is 0 Å². The SMILES string of the molecule is CCC[C@H]1[C@H]2C[C@H](CN(Cc3nc(-c4ccccc4C)no3)C2)[C@@H]2CCCC(=O)N21. The predicted molar refractivity (Wildman–Crippen MR) is 115 cm³/mol. The Morgan fingerprint density at radius 1 is 1.20 bits per heavy atom. The number of aromatic nitrogens is 2. The normalized spacial score (nSPS) is 29.1. The van der Waals surface area contributed by atoms with E-state index in [1.165, 1.54) is 6.42 Å². The van der Waals surface area contributed by atoms with E-state index in [4.69, 9.17) is 9.51 Å². The fraction of sp³-hybridized carbons (Fsp3) is 0.625. The fourth-order valence-corrected chi connectivity index (χ4v) is 6.11. The first-order chi connectivity index (χ1) is 14.6. The van der Waals surface area contributed by atoms with Crippen LogP contribution in [0.4, 0.5) is 0 Å². The Hall–Kier alpha value is -2.21. The largest absolute Gasteiger partial charge is 0.338 e. The highest BCUT2D eigenvalue weighted by atomic mass is 16.5. The van der Waals surface area contributed by atoms with Crippen molar-refractivity contribution in [3.63, 3.8) is 0 Å². The van der Waals surface area contributed by atoms with Crippen molar-refractivity contribution in [2.24, 2.45) is 11.8 Å². The molecule has 5 rings (SSSR count). The molecule has 3 saturated heterocycles. The highest BCUT2D eigenvalue weighted by Crippen LogP contribution is 2.43. The quantitative estimate of drug-likeness (QED) is 0.747. The number of nitrogens with zero attached hydrogens (tertiary/aromatic N) is 4. The van der Waals surface area contributed by atoms with E-state index in [0.717, 1.165) is 56.3 Å². The molecule has 30 heavy (non-hydrogen) atoms. The van der Waals surface area contributed by atoms with Crippen LogP contribution in [-0.4, -0.2) is 51.0 Å². The maximum atomic E-state index is 12.8. The maximum Gasteiger partial charge on any atom is 0.241 e. The van der Waals surface area contributed by atoms with Crippen LogP contribution in [0.1, 0.15) is 56.9 Å². The summed E-state index contributed by atoms with van der Waals surface area (Å²) in [5.74, 6) is 2.89. The Balaban J connectivity index is 1.33. The Morgan fingerprint density at radius 2 is 2.03 bits per heavy atom. The minimum absolute atomic E-state index is 0.396. The maximum absolute atomic E-state index is 12.8. The molecule has 0 radical (unpaired) electrons. The first-order valence-corrected chi connectivity index (χ1v) is 11.6. The van der Waals surface area contributed by atoms with Crippen LogP contribution >= 0.6 is 0 Å². The predicted octanol–water partition coefficient (Wildman–Crippen LogP) is 4.05. The molecule has 6 heteroatoms. The van der Waals surface area contributed by atoms with Crippen molar-refractivity contribution in [3.05, 3.63) is 35.7 Å². The molecule has 2 aromatic rings. The zero-order chi connectivity index (χ0) is 20.7. The van der Waals surface area contributed by atoms with Gasteiger partial charge in [-0.05, 0) is 50.0 Å². The number of hydrogen-bond acceptors (Lipinski definition) is 5. The molecule has 4 atom stereocenters. The Labute approximate surface area is 178 Å². The van der Waals surface area contributed by atoms with E-state index in [0.29, 0.717) is 48.1 Å². The van der Waals surface area contributed by atoms with E-state index in [9.17, 15) is 4.79 Å². The van der Waals surface area contributed by atoms with Crippen molar-refractivity contribution in [2.45, 2.75) is 71.0 Å². The number of amides is 1. The highest BCUT2D eigenvalue weighted by molar-refractivity contribution is 5.78. The monoisotopic (exact) mass is 408 g/mol. The molecule has 2 bridgehead atoms. The average molecular weight is 409 g/mol. The van der Waals surface area contributed by atoms with Crippen molar-refractivity contribution in [1.29, 1.82) is 0 Å². The molecule has 0 N–H and O–H groups in total. The van der Waals surface area contributed by atoms with Crippen LogP contribution in [-0.2, 0) is 11.3 Å². The van der Waals surface area contributed by atoms with Gasteiger partial charge in [-0.1, -0.05) is 42.8 Å². The van der Waals surface area contributed by atoms with Crippen LogP contribution in [0.2, 0.25) is 0 Å². The molecule has 0 aliphatic carbocycles. The van der Waals surface area contributed by atoms with Crippen LogP contribution in [0.25, 0.3) is 11.4 Å². The standard InChI is InChI=1S/C24H32N4O2/c1-3-7-20-17-12-18(21-10-6-11-23(29)28(20)21)14-27(13-17)15-22-25-24(26-30-22)19-9-5-4-8-16(19)2/h4-5,8-9,17-18,20-21H,3,6-7,10-15H2,1-2H3/t17-,18+,20-,21-/m0/s1. The first-order valence-electron chi connectivity index (χ1n) is 11.6. The van der Waals surface area contributed by atoms with E-state index in [2.05, 4.69) is 34.9 Å². The Morgan fingerprint density at radius 3 is 2.87 bits per heavy atom. The summed E-state index contributed by atoms with van der Waals surface area (Å²) < 4.78 is 5.63. The van der Waals surface area contributed by atoms with Crippen LogP contribution in [0.15, 0.2) is 28.8 Å². The highest BCUT2D eigenvalue weighted by Gasteiger charge is 2.48. The zero-order valence-electron chi connectivity index (χ0n) is 18.1. The first kappa shape index (κ1) is 19.7. The number of benzene rings is 1. The summed E-state index contributed by atoms with van der Waals surface area (Å²) >= 11 is 0. The van der Waals surface area contributed by atoms with E-state index < -0.39 is 0 Å². The minimum Gasteiger partial charge on any atom is -0.338 e. The molecule has 4 heterocycles. The summed E-state index contributed by atoms with van der Waals surface area (Å²) in [6.07, 6.45) is 6.45. The molecule has 1 aromatic heterocycles. The molecule has 0 unspecified atom stereocenters. The van der Waals surface area contributed by atoms with Crippen molar-refractivity contribution >= 4 is 5.91 Å². The van der Waals surface area contributed by atoms with Crippen molar-refractivity contribution in [1.82, 2.24) is 19.9 Å². The summed E-state index contributed by atoms with van der Waals surface area (Å²) in [5, 5.41) is 4.24. The summed E-state index contributed by atoms with van der Waals surface area (Å²) in [6, 6.07) is 8.97. The lowest BCUT2D eigenvalue weighted by Crippen LogP contribution is -2.64. The lowest BCUT2D eigenvalue weighted by atomic mass is 9.71. The van der Waals surface area contributed by atoms with Gasteiger partial charge in [-0.3, -0.25) is 9.69 Å². The second-order valence-corrected chi connectivity index (χ2v) is 9.39. The number of hydrogen-bond donors (Lipinski definition) is 0. The van der Waals surface area contributed by atoms with E-state index in [1.54, 1.807) is 0 Å². The van der Waals surface area contributed by atoms with Crippen LogP contribution in [0.5, 0.6) is 0 Å². The Bertz CT molecular complexity index is 910. The van der Waals surface area contributed by atoms with Gasteiger partial charge in [0.15, 0.2) is 0 Å². The lowest BCUT2D eigenvalue weighted by Gasteiger charge is -2.56. The van der Waals surface area contributed by atoms with Gasteiger partial charge in [0.25, 0.3) is 0 Å². The molecule has 0 saturated carbocycles. The molecule has 160 valence electrons. The second kappa shape index (κ2) is 8.14. The van der Waals surface area contributed by atoms with Gasteiger partial charge in [-0.2, -0.15) is 4.98 Å². The third-order valence-corrected chi connectivity index (χ3v) is 7.37. The summed E-state index contributed by atoms with van der Waals surface area (Å²) in [5.41, 5.74) is 2.18. The number of carbonyl (C=O) groups is 1. The van der Waals surface area contributed by atoms with Gasteiger partial charge in [0.05, 0.1) is 6.54 Å². The molecule has 1 aromatic carbocycles. The molecule has 3 fully saturated rings. The third-order valence-electron chi connectivity index (χ3n) is 7.37. The van der Waals surface area contributed by atoms with Crippen LogP contribution in [0.3, 0.4) is 0 Å². The Kier molecular flexibility index (Phi) is 5.35. The smallest absolute Gasteiger partial charge is 0.241 e. The van der Waals surface area contributed by atoms with Crippen molar-refractivity contribution < 1.29 is 9.32 Å². The topological polar surface area (TPSA) is 62.5 Å². The van der Waals surface area contributed by atoms with Gasteiger partial charge < -0.3 is 9.42 Å². The number of carbonyl (C=O) groups excluding carboxylic acids is 1. The van der Waals surface area contributed by atoms with Gasteiger partial charge in [0.1, 0.15) is 0 Å². The number of aryl methyl sites for hydroxylation is 1. The lowest BCUT2D eigenvalue weighted by molar-refractivity contribution is -0.153. The van der Waals surface area contributed by atoms with Crippen molar-refractivity contribution in [2.75, 3.05) is 13.1 Å². The van der Waals surface area contributed by atoms with E-state index in [1.807, 2.05) is 18.2 Å². The van der Waals surface area contributed by atoms with Gasteiger partial charge >= 0.3 is 0 Å². The summed E-state index contributed by atoms with van der Waals surface area (Å²) in [7, 11) is 0. The van der Waals surface area contributed by atoms with Crippen LogP contribution < -0.4 is 0 Å². The molecule has 1 amide bonds.